The lowest BCUT2D eigenvalue weighted by molar-refractivity contribution is 0.507. The summed E-state index contributed by atoms with van der Waals surface area (Å²) >= 11 is 6.13. The Labute approximate surface area is 179 Å². The lowest BCUT2D eigenvalue weighted by Gasteiger charge is -2.09. The van der Waals surface area contributed by atoms with Crippen molar-refractivity contribution in [2.45, 2.75) is 25.8 Å². The molecular formula is C22H24ClF2N5. The van der Waals surface area contributed by atoms with Gasteiger partial charge in [0.05, 0.1) is 10.7 Å². The first-order valence-electron chi connectivity index (χ1n) is 9.80. The van der Waals surface area contributed by atoms with Crippen molar-refractivity contribution < 1.29 is 8.78 Å². The molecule has 0 aliphatic carbocycles. The fraction of sp³-hybridized carbons (Fsp3) is 0.273. The molecule has 4 rings (SSSR count). The van der Waals surface area contributed by atoms with Crippen LogP contribution in [-0.4, -0.2) is 23.1 Å². The Hall–Kier alpha value is -2.77. The summed E-state index contributed by atoms with van der Waals surface area (Å²) in [5.74, 6) is -0.834. The Morgan fingerprint density at radius 3 is 2.50 bits per heavy atom. The van der Waals surface area contributed by atoms with Crippen LogP contribution in [0.5, 0.6) is 0 Å². The van der Waals surface area contributed by atoms with E-state index in [0.717, 1.165) is 12.1 Å². The quantitative estimate of drug-likeness (QED) is 0.540. The zero-order valence-corrected chi connectivity index (χ0v) is 17.2. The summed E-state index contributed by atoms with van der Waals surface area (Å²) in [4.78, 5) is 8.37. The van der Waals surface area contributed by atoms with Gasteiger partial charge in [-0.15, -0.1) is 0 Å². The smallest absolute Gasteiger partial charge is 0.159 e. The van der Waals surface area contributed by atoms with E-state index < -0.39 is 11.6 Å². The molecule has 2 aromatic heterocycles. The van der Waals surface area contributed by atoms with Crippen molar-refractivity contribution >= 4 is 23.2 Å². The van der Waals surface area contributed by atoms with E-state index in [1.165, 1.54) is 44.6 Å². The number of aromatic nitrogens is 2. The average molecular weight is 432 g/mol. The van der Waals surface area contributed by atoms with Gasteiger partial charge in [0, 0.05) is 18.3 Å². The number of nitrogens with zero attached hydrogens (tertiary/aromatic N) is 2. The number of pyridine rings is 2. The van der Waals surface area contributed by atoms with Crippen LogP contribution in [0.25, 0.3) is 11.3 Å². The number of nitrogen functional groups attached to an aromatic ring is 1. The molecule has 0 amide bonds. The number of nitrogens with one attached hydrogen (secondary N) is 2. The number of benzene rings is 1. The second-order valence-electron chi connectivity index (χ2n) is 6.91. The first kappa shape index (κ1) is 21.9. The summed E-state index contributed by atoms with van der Waals surface area (Å²) in [7, 11) is 0. The lowest BCUT2D eigenvalue weighted by atomic mass is 10.1. The van der Waals surface area contributed by atoms with Gasteiger partial charge in [-0.1, -0.05) is 30.2 Å². The molecule has 4 N–H and O–H groups in total. The van der Waals surface area contributed by atoms with E-state index in [-0.39, 0.29) is 0 Å². The highest BCUT2D eigenvalue weighted by Crippen LogP contribution is 2.28. The van der Waals surface area contributed by atoms with E-state index in [0.29, 0.717) is 40.0 Å². The predicted molar refractivity (Wildman–Crippen MR) is 117 cm³/mol. The van der Waals surface area contributed by atoms with Gasteiger partial charge >= 0.3 is 0 Å². The topological polar surface area (TPSA) is 75.9 Å². The highest BCUT2D eigenvalue weighted by Gasteiger charge is 2.08. The molecule has 1 aromatic carbocycles. The van der Waals surface area contributed by atoms with E-state index in [4.69, 9.17) is 17.3 Å². The fourth-order valence-electron chi connectivity index (χ4n) is 2.98. The Morgan fingerprint density at radius 1 is 1.03 bits per heavy atom. The van der Waals surface area contributed by atoms with Gasteiger partial charge in [-0.3, -0.25) is 0 Å². The van der Waals surface area contributed by atoms with Gasteiger partial charge in [-0.2, -0.15) is 0 Å². The van der Waals surface area contributed by atoms with E-state index in [2.05, 4.69) is 20.6 Å². The first-order valence-corrected chi connectivity index (χ1v) is 10.2. The van der Waals surface area contributed by atoms with Gasteiger partial charge in [-0.05, 0) is 61.8 Å². The monoisotopic (exact) mass is 431 g/mol. The molecule has 0 unspecified atom stereocenters. The van der Waals surface area contributed by atoms with Gasteiger partial charge in [-0.25, -0.2) is 18.7 Å². The van der Waals surface area contributed by atoms with Crippen molar-refractivity contribution in [1.29, 1.82) is 0 Å². The SMILES string of the molecule is C1CCNCC1.Nc1cc(-c2cccc(NCc3ccc(F)c(F)c3)n2)c(Cl)cn1. The third-order valence-electron chi connectivity index (χ3n) is 4.57. The van der Waals surface area contributed by atoms with Crippen LogP contribution in [0.1, 0.15) is 24.8 Å². The number of nitrogens with two attached hydrogens (primary N) is 1. The maximum absolute atomic E-state index is 13.2. The van der Waals surface area contributed by atoms with Crippen LogP contribution >= 0.6 is 11.6 Å². The molecule has 3 heterocycles. The molecule has 0 atom stereocenters. The second-order valence-corrected chi connectivity index (χ2v) is 7.32. The standard InChI is InChI=1S/C17H13ClF2N4.C5H11N/c18-12-9-22-16(21)7-11(12)15-2-1-3-17(24-15)23-8-10-4-5-13(19)14(20)6-10;1-2-4-6-5-3-1/h1-7,9H,8H2,(H2,21,22)(H,23,24);6H,1-5H2. The highest BCUT2D eigenvalue weighted by atomic mass is 35.5. The number of halogens is 3. The summed E-state index contributed by atoms with van der Waals surface area (Å²) in [6.07, 6.45) is 5.68. The lowest BCUT2D eigenvalue weighted by Crippen LogP contribution is -2.21. The minimum atomic E-state index is -0.880. The number of anilines is 2. The summed E-state index contributed by atoms with van der Waals surface area (Å²) in [6, 6.07) is 10.8. The van der Waals surface area contributed by atoms with Crippen molar-refractivity contribution in [2.75, 3.05) is 24.1 Å². The minimum Gasteiger partial charge on any atom is -0.384 e. The Balaban J connectivity index is 0.000000367. The molecule has 5 nitrogen and oxygen atoms in total. The van der Waals surface area contributed by atoms with Crippen molar-refractivity contribution in [3.8, 4) is 11.3 Å². The molecular weight excluding hydrogens is 408 g/mol. The number of hydrogen-bond acceptors (Lipinski definition) is 5. The van der Waals surface area contributed by atoms with Crippen molar-refractivity contribution in [3.05, 3.63) is 70.9 Å². The maximum atomic E-state index is 13.2. The van der Waals surface area contributed by atoms with Gasteiger partial charge in [0.1, 0.15) is 11.6 Å². The molecule has 1 aliphatic rings. The van der Waals surface area contributed by atoms with Crippen LogP contribution in [0.2, 0.25) is 5.02 Å². The fourth-order valence-corrected chi connectivity index (χ4v) is 3.18. The second kappa shape index (κ2) is 10.8. The Morgan fingerprint density at radius 2 is 1.83 bits per heavy atom. The zero-order chi connectivity index (χ0) is 21.3. The largest absolute Gasteiger partial charge is 0.384 e. The third kappa shape index (κ3) is 6.37. The van der Waals surface area contributed by atoms with Crippen LogP contribution < -0.4 is 16.4 Å². The zero-order valence-electron chi connectivity index (χ0n) is 16.5. The maximum Gasteiger partial charge on any atom is 0.159 e. The Kier molecular flexibility index (Phi) is 7.93. The van der Waals surface area contributed by atoms with Crippen molar-refractivity contribution in [2.24, 2.45) is 0 Å². The Bertz CT molecular complexity index is 968. The molecule has 1 saturated heterocycles. The first-order chi connectivity index (χ1) is 14.5. The van der Waals surface area contributed by atoms with Crippen LogP contribution in [0.4, 0.5) is 20.4 Å². The molecule has 1 fully saturated rings. The third-order valence-corrected chi connectivity index (χ3v) is 4.87. The van der Waals surface area contributed by atoms with Crippen LogP contribution in [-0.2, 0) is 6.54 Å². The van der Waals surface area contributed by atoms with Crippen molar-refractivity contribution in [1.82, 2.24) is 15.3 Å². The summed E-state index contributed by atoms with van der Waals surface area (Å²) in [6.45, 7) is 2.81. The molecule has 0 saturated carbocycles. The van der Waals surface area contributed by atoms with Crippen LogP contribution in [0, 0.1) is 11.6 Å². The molecule has 0 spiro atoms. The molecule has 0 bridgehead atoms. The van der Waals surface area contributed by atoms with Crippen molar-refractivity contribution in [3.63, 3.8) is 0 Å². The normalized spacial score (nSPS) is 13.3. The average Bonchev–Trinajstić information content (AvgIpc) is 2.78. The van der Waals surface area contributed by atoms with E-state index in [1.807, 2.05) is 6.07 Å². The van der Waals surface area contributed by atoms with E-state index >= 15 is 0 Å². The molecule has 8 heteroatoms. The van der Waals surface area contributed by atoms with Gasteiger partial charge in [0.15, 0.2) is 11.6 Å². The number of rotatable bonds is 4. The van der Waals surface area contributed by atoms with E-state index in [9.17, 15) is 8.78 Å². The molecule has 158 valence electrons. The number of piperidine rings is 1. The summed E-state index contributed by atoms with van der Waals surface area (Å²) in [5, 5.41) is 6.79. The molecule has 1 aliphatic heterocycles. The number of hydrogen-bond donors (Lipinski definition) is 3. The van der Waals surface area contributed by atoms with Gasteiger partial charge in [0.2, 0.25) is 0 Å². The van der Waals surface area contributed by atoms with Gasteiger partial charge < -0.3 is 16.4 Å². The predicted octanol–water partition coefficient (Wildman–Crippen LogP) is 5.03. The van der Waals surface area contributed by atoms with Crippen LogP contribution in [0.3, 0.4) is 0 Å². The summed E-state index contributed by atoms with van der Waals surface area (Å²) in [5.41, 5.74) is 7.58. The van der Waals surface area contributed by atoms with Gasteiger partial charge in [0.25, 0.3) is 0 Å². The molecule has 30 heavy (non-hydrogen) atoms. The summed E-state index contributed by atoms with van der Waals surface area (Å²) < 4.78 is 26.2. The minimum absolute atomic E-state index is 0.305. The molecule has 0 radical (unpaired) electrons. The highest BCUT2D eigenvalue weighted by molar-refractivity contribution is 6.33. The van der Waals surface area contributed by atoms with Crippen LogP contribution in [0.15, 0.2) is 48.7 Å². The van der Waals surface area contributed by atoms with E-state index in [1.54, 1.807) is 18.2 Å². The molecule has 3 aromatic rings.